The molecule has 1 aromatic heterocycles. The van der Waals surface area contributed by atoms with Gasteiger partial charge in [0.05, 0.1) is 9.82 Å². The third kappa shape index (κ3) is 5.24. The lowest BCUT2D eigenvalue weighted by molar-refractivity contribution is -0.387. The molecular weight excluding hydrogens is 390 g/mol. The molecule has 9 heteroatoms. The van der Waals surface area contributed by atoms with Crippen LogP contribution in [-0.2, 0) is 4.79 Å². The monoisotopic (exact) mass is 403 g/mol. The van der Waals surface area contributed by atoms with Crippen molar-refractivity contribution in [2.24, 2.45) is 0 Å². The van der Waals surface area contributed by atoms with E-state index in [2.05, 4.69) is 15.3 Å². The lowest BCUT2D eigenvalue weighted by atomic mass is 10.1. The molecule has 0 saturated carbocycles. The van der Waals surface area contributed by atoms with Crippen molar-refractivity contribution in [2.45, 2.75) is 10.1 Å². The van der Waals surface area contributed by atoms with E-state index in [9.17, 15) is 20.2 Å². The summed E-state index contributed by atoms with van der Waals surface area (Å²) >= 11 is 1.06. The molecule has 2 aromatic carbocycles. The molecule has 0 spiro atoms. The van der Waals surface area contributed by atoms with Gasteiger partial charge >= 0.3 is 0 Å². The quantitative estimate of drug-likeness (QED) is 0.216. The second kappa shape index (κ2) is 9.25. The summed E-state index contributed by atoms with van der Waals surface area (Å²) in [5.41, 5.74) is 0.556. The second-order valence-corrected chi connectivity index (χ2v) is 6.62. The van der Waals surface area contributed by atoms with Gasteiger partial charge in [0.2, 0.25) is 0 Å². The Hall–Kier alpha value is -4.03. The average molecular weight is 403 g/mol. The topological polar surface area (TPSA) is 122 Å². The van der Waals surface area contributed by atoms with Gasteiger partial charge in [0.25, 0.3) is 11.6 Å². The number of rotatable bonds is 6. The van der Waals surface area contributed by atoms with Crippen LogP contribution in [0, 0.1) is 21.4 Å². The van der Waals surface area contributed by atoms with E-state index >= 15 is 0 Å². The lowest BCUT2D eigenvalue weighted by Gasteiger charge is -2.05. The summed E-state index contributed by atoms with van der Waals surface area (Å²) in [6.07, 6.45) is 4.39. The first-order valence-electron chi connectivity index (χ1n) is 8.28. The number of carbonyl (C=O) groups is 1. The number of nitro benzene ring substituents is 1. The Kier molecular flexibility index (Phi) is 6.29. The molecule has 0 saturated heterocycles. The number of amides is 1. The van der Waals surface area contributed by atoms with Crippen LogP contribution in [0.15, 0.2) is 82.6 Å². The number of nitrogens with one attached hydrogen (secondary N) is 1. The molecule has 142 valence electrons. The van der Waals surface area contributed by atoms with Crippen LogP contribution in [0.3, 0.4) is 0 Å². The predicted molar refractivity (Wildman–Crippen MR) is 108 cm³/mol. The number of hydrogen-bond donors (Lipinski definition) is 1. The summed E-state index contributed by atoms with van der Waals surface area (Å²) in [5.74, 6) is -0.600. The van der Waals surface area contributed by atoms with E-state index in [4.69, 9.17) is 0 Å². The van der Waals surface area contributed by atoms with Crippen LogP contribution in [0.4, 0.5) is 11.4 Å². The van der Waals surface area contributed by atoms with Gasteiger partial charge in [-0.3, -0.25) is 14.9 Å². The van der Waals surface area contributed by atoms with E-state index in [-0.39, 0.29) is 11.3 Å². The number of para-hydroxylation sites is 1. The van der Waals surface area contributed by atoms with Crippen LogP contribution in [0.1, 0.15) is 5.56 Å². The number of aromatic nitrogens is 2. The fraction of sp³-hybridized carbons (Fsp3) is 0. The number of nitriles is 1. The minimum Gasteiger partial charge on any atom is -0.321 e. The van der Waals surface area contributed by atoms with Crippen molar-refractivity contribution in [1.29, 1.82) is 5.26 Å². The minimum absolute atomic E-state index is 0.169. The van der Waals surface area contributed by atoms with Gasteiger partial charge in [0.1, 0.15) is 11.6 Å². The normalized spacial score (nSPS) is 10.8. The molecule has 0 atom stereocenters. The maximum atomic E-state index is 12.3. The molecule has 1 N–H and O–H groups in total. The van der Waals surface area contributed by atoms with Crippen molar-refractivity contribution in [3.8, 4) is 6.07 Å². The maximum absolute atomic E-state index is 12.3. The first-order valence-corrected chi connectivity index (χ1v) is 9.10. The molecule has 8 nitrogen and oxygen atoms in total. The van der Waals surface area contributed by atoms with Crippen molar-refractivity contribution in [2.75, 3.05) is 5.32 Å². The van der Waals surface area contributed by atoms with Gasteiger partial charge in [0.15, 0.2) is 5.16 Å². The molecule has 0 aliphatic rings. The van der Waals surface area contributed by atoms with E-state index in [1.807, 2.05) is 6.07 Å². The highest BCUT2D eigenvalue weighted by molar-refractivity contribution is 7.99. The van der Waals surface area contributed by atoms with Crippen LogP contribution in [-0.4, -0.2) is 20.8 Å². The fourth-order valence-corrected chi connectivity index (χ4v) is 3.12. The summed E-state index contributed by atoms with van der Waals surface area (Å²) in [6, 6.07) is 16.6. The smallest absolute Gasteiger partial charge is 0.283 e. The second-order valence-electron chi connectivity index (χ2n) is 5.61. The predicted octanol–water partition coefficient (Wildman–Crippen LogP) is 4.08. The first kappa shape index (κ1) is 19.7. The number of nitro groups is 1. The summed E-state index contributed by atoms with van der Waals surface area (Å²) in [6.45, 7) is 0. The molecule has 3 rings (SSSR count). The number of hydrogen-bond acceptors (Lipinski definition) is 7. The number of anilines is 1. The highest BCUT2D eigenvalue weighted by atomic mass is 32.2. The highest BCUT2D eigenvalue weighted by Crippen LogP contribution is 2.33. The molecule has 0 aliphatic carbocycles. The molecule has 0 aliphatic heterocycles. The highest BCUT2D eigenvalue weighted by Gasteiger charge is 2.17. The van der Waals surface area contributed by atoms with E-state index in [1.54, 1.807) is 54.9 Å². The van der Waals surface area contributed by atoms with Gasteiger partial charge in [-0.1, -0.05) is 24.3 Å². The van der Waals surface area contributed by atoms with Gasteiger partial charge in [-0.2, -0.15) is 5.26 Å². The summed E-state index contributed by atoms with van der Waals surface area (Å²) in [4.78, 5) is 31.7. The van der Waals surface area contributed by atoms with E-state index in [0.717, 1.165) is 11.8 Å². The largest absolute Gasteiger partial charge is 0.321 e. The number of benzene rings is 2. The third-order valence-electron chi connectivity index (χ3n) is 3.63. The molecule has 29 heavy (non-hydrogen) atoms. The Bertz CT molecular complexity index is 1110. The first-order chi connectivity index (χ1) is 14.1. The molecule has 0 fully saturated rings. The van der Waals surface area contributed by atoms with Crippen LogP contribution >= 0.6 is 11.8 Å². The van der Waals surface area contributed by atoms with Crippen molar-refractivity contribution < 1.29 is 9.72 Å². The van der Waals surface area contributed by atoms with Gasteiger partial charge in [-0.15, -0.1) is 0 Å². The standard InChI is InChI=1S/C20H13N5O3S/c21-13-15(19(26)24-16-5-2-1-3-6-16)11-14-7-8-18(17(12-14)25(27)28)29-20-22-9-4-10-23-20/h1-12H,(H,24,26)/b15-11-. The Balaban J connectivity index is 1.87. The van der Waals surface area contributed by atoms with Crippen molar-refractivity contribution >= 4 is 35.1 Å². The molecule has 3 aromatic rings. The maximum Gasteiger partial charge on any atom is 0.283 e. The lowest BCUT2D eigenvalue weighted by Crippen LogP contribution is -2.13. The summed E-state index contributed by atoms with van der Waals surface area (Å²) < 4.78 is 0. The summed E-state index contributed by atoms with van der Waals surface area (Å²) in [7, 11) is 0. The van der Waals surface area contributed by atoms with Crippen LogP contribution < -0.4 is 5.32 Å². The molecular formula is C20H13N5O3S. The molecule has 1 heterocycles. The zero-order chi connectivity index (χ0) is 20.6. The zero-order valence-corrected chi connectivity index (χ0v) is 15.7. The van der Waals surface area contributed by atoms with Gasteiger partial charge in [-0.25, -0.2) is 9.97 Å². The Morgan fingerprint density at radius 3 is 2.52 bits per heavy atom. The van der Waals surface area contributed by atoms with E-state index in [1.165, 1.54) is 18.2 Å². The van der Waals surface area contributed by atoms with Crippen LogP contribution in [0.25, 0.3) is 6.08 Å². The van der Waals surface area contributed by atoms with Crippen LogP contribution in [0.2, 0.25) is 0 Å². The number of carbonyl (C=O) groups excluding carboxylic acids is 1. The third-order valence-corrected chi connectivity index (χ3v) is 4.59. The van der Waals surface area contributed by atoms with Crippen LogP contribution in [0.5, 0.6) is 0 Å². The Labute approximate surface area is 170 Å². The minimum atomic E-state index is -0.600. The number of nitrogens with zero attached hydrogens (tertiary/aromatic N) is 4. The molecule has 0 radical (unpaired) electrons. The van der Waals surface area contributed by atoms with Crippen molar-refractivity contribution in [3.63, 3.8) is 0 Å². The van der Waals surface area contributed by atoms with E-state index < -0.39 is 10.8 Å². The van der Waals surface area contributed by atoms with Gasteiger partial charge < -0.3 is 5.32 Å². The van der Waals surface area contributed by atoms with Crippen molar-refractivity contribution in [1.82, 2.24) is 9.97 Å². The molecule has 0 bridgehead atoms. The van der Waals surface area contributed by atoms with Gasteiger partial charge in [-0.05, 0) is 47.7 Å². The molecule has 0 unspecified atom stereocenters. The zero-order valence-electron chi connectivity index (χ0n) is 14.9. The van der Waals surface area contributed by atoms with Crippen molar-refractivity contribution in [3.05, 3.63) is 88.2 Å². The Morgan fingerprint density at radius 1 is 1.14 bits per heavy atom. The average Bonchev–Trinajstić information content (AvgIpc) is 2.74. The fourth-order valence-electron chi connectivity index (χ4n) is 2.32. The molecule has 1 amide bonds. The SMILES string of the molecule is N#C/C(=C/c1ccc(Sc2ncccn2)c([N+](=O)[O-])c1)C(=O)Nc1ccccc1. The van der Waals surface area contributed by atoms with E-state index in [0.29, 0.717) is 21.3 Å². The Morgan fingerprint density at radius 2 is 1.86 bits per heavy atom. The summed E-state index contributed by atoms with van der Waals surface area (Å²) in [5, 5.41) is 23.8. The van der Waals surface area contributed by atoms with Gasteiger partial charge in [0, 0.05) is 24.1 Å².